The molecule has 1 unspecified atom stereocenters. The number of hydrogen-bond donors (Lipinski definition) is 1. The van der Waals surface area contributed by atoms with Gasteiger partial charge in [-0.3, -0.25) is 9.59 Å². The molecule has 1 N–H and O–H groups in total. The Hall–Kier alpha value is -2.51. The predicted molar refractivity (Wildman–Crippen MR) is 136 cm³/mol. The van der Waals surface area contributed by atoms with E-state index in [1.54, 1.807) is 25.3 Å². The molecule has 1 aromatic carbocycles. The van der Waals surface area contributed by atoms with E-state index in [4.69, 9.17) is 32.7 Å². The normalized spacial score (nSPS) is 15.7. The second-order valence-electron chi connectivity index (χ2n) is 8.50. The van der Waals surface area contributed by atoms with E-state index >= 15 is 0 Å². The van der Waals surface area contributed by atoms with Crippen molar-refractivity contribution in [1.29, 1.82) is 0 Å². The van der Waals surface area contributed by atoms with Crippen LogP contribution in [0.2, 0.25) is 5.02 Å². The zero-order valence-corrected chi connectivity index (χ0v) is 21.3. The standard InChI is InChI=1S/C25H31Cl2N3O4/c1-4-33-23(31)12-7-18-15-30(14-17-5-8-19(26)9-6-17)25(29-24(18)32)28-20-10-11-22(21(27)13-20)34-16(2)3/h5,10-11,13,15-16,19H,4,6-9,12,14H2,1-3H3,(H,28,29,32). The van der Waals surface area contributed by atoms with Crippen LogP contribution in [0.5, 0.6) is 5.75 Å². The smallest absolute Gasteiger partial charge is 0.306 e. The molecule has 1 heterocycles. The number of allylic oxidation sites excluding steroid dienone is 2. The number of benzene rings is 1. The molecule has 9 heteroatoms. The van der Waals surface area contributed by atoms with Crippen molar-refractivity contribution >= 4 is 40.8 Å². The molecule has 2 aromatic rings. The third-order valence-corrected chi connectivity index (χ3v) is 6.03. The van der Waals surface area contributed by atoms with Crippen molar-refractivity contribution in [3.05, 3.63) is 57.0 Å². The molecule has 0 saturated heterocycles. The van der Waals surface area contributed by atoms with Gasteiger partial charge in [-0.1, -0.05) is 23.3 Å². The topological polar surface area (TPSA) is 82.4 Å². The predicted octanol–water partition coefficient (Wildman–Crippen LogP) is 5.64. The summed E-state index contributed by atoms with van der Waals surface area (Å²) in [7, 11) is 0. The first kappa shape index (κ1) is 26.1. The third-order valence-electron chi connectivity index (χ3n) is 5.33. The summed E-state index contributed by atoms with van der Waals surface area (Å²) in [4.78, 5) is 28.8. The monoisotopic (exact) mass is 507 g/mol. The van der Waals surface area contributed by atoms with Crippen LogP contribution in [0.3, 0.4) is 0 Å². The van der Waals surface area contributed by atoms with Crippen LogP contribution < -0.4 is 15.6 Å². The Kier molecular flexibility index (Phi) is 9.42. The van der Waals surface area contributed by atoms with Gasteiger partial charge >= 0.3 is 5.97 Å². The maximum atomic E-state index is 12.7. The molecule has 0 saturated carbocycles. The molecule has 0 amide bonds. The minimum atomic E-state index is -0.382. The summed E-state index contributed by atoms with van der Waals surface area (Å²) in [6, 6.07) is 5.35. The lowest BCUT2D eigenvalue weighted by molar-refractivity contribution is -0.143. The number of esters is 1. The number of aryl methyl sites for hydroxylation is 1. The van der Waals surface area contributed by atoms with E-state index < -0.39 is 0 Å². The number of anilines is 2. The van der Waals surface area contributed by atoms with Crippen LogP contribution in [0.25, 0.3) is 0 Å². The van der Waals surface area contributed by atoms with E-state index in [1.165, 1.54) is 5.57 Å². The van der Waals surface area contributed by atoms with Gasteiger partial charge in [0.2, 0.25) is 5.95 Å². The van der Waals surface area contributed by atoms with Crippen LogP contribution in [-0.2, 0) is 22.5 Å². The van der Waals surface area contributed by atoms with Gasteiger partial charge in [-0.15, -0.1) is 11.6 Å². The van der Waals surface area contributed by atoms with Gasteiger partial charge in [0.25, 0.3) is 5.56 Å². The molecule has 0 aliphatic heterocycles. The highest BCUT2D eigenvalue weighted by Crippen LogP contribution is 2.30. The van der Waals surface area contributed by atoms with Crippen LogP contribution in [0.4, 0.5) is 11.6 Å². The quantitative estimate of drug-likeness (QED) is 0.254. The number of nitrogens with one attached hydrogen (secondary N) is 1. The number of nitrogens with zero attached hydrogens (tertiary/aromatic N) is 2. The minimum Gasteiger partial charge on any atom is -0.489 e. The van der Waals surface area contributed by atoms with Crippen LogP contribution in [0.1, 0.15) is 52.0 Å². The van der Waals surface area contributed by atoms with Crippen molar-refractivity contribution in [2.24, 2.45) is 0 Å². The summed E-state index contributed by atoms with van der Waals surface area (Å²) in [5, 5.41) is 3.83. The lowest BCUT2D eigenvalue weighted by Crippen LogP contribution is -2.22. The second-order valence-corrected chi connectivity index (χ2v) is 9.52. The summed E-state index contributed by atoms with van der Waals surface area (Å²) >= 11 is 12.6. The fourth-order valence-electron chi connectivity index (χ4n) is 3.67. The average molecular weight is 508 g/mol. The molecule has 1 aliphatic carbocycles. The molecule has 0 spiro atoms. The van der Waals surface area contributed by atoms with Gasteiger partial charge in [0.1, 0.15) is 5.75 Å². The Morgan fingerprint density at radius 2 is 2.15 bits per heavy atom. The van der Waals surface area contributed by atoms with Crippen LogP contribution in [0.15, 0.2) is 40.8 Å². The van der Waals surface area contributed by atoms with Gasteiger partial charge < -0.3 is 19.4 Å². The molecule has 0 radical (unpaired) electrons. The molecule has 1 aliphatic rings. The number of aromatic nitrogens is 2. The number of carbonyl (C=O) groups excluding carboxylic acids is 1. The molecular formula is C25H31Cl2N3O4. The highest BCUT2D eigenvalue weighted by atomic mass is 35.5. The van der Waals surface area contributed by atoms with Gasteiger partial charge in [0, 0.05) is 35.8 Å². The van der Waals surface area contributed by atoms with Crippen molar-refractivity contribution in [3.63, 3.8) is 0 Å². The van der Waals surface area contributed by atoms with Crippen molar-refractivity contribution in [3.8, 4) is 5.75 Å². The molecule has 1 atom stereocenters. The number of rotatable bonds is 10. The van der Waals surface area contributed by atoms with E-state index in [2.05, 4.69) is 16.4 Å². The van der Waals surface area contributed by atoms with Crippen LogP contribution >= 0.6 is 23.2 Å². The lowest BCUT2D eigenvalue weighted by atomic mass is 9.99. The summed E-state index contributed by atoms with van der Waals surface area (Å²) in [6.45, 7) is 6.49. The molecule has 0 fully saturated rings. The number of ether oxygens (including phenoxy) is 2. The second kappa shape index (κ2) is 12.3. The molecule has 34 heavy (non-hydrogen) atoms. The Labute approximate surface area is 210 Å². The number of carbonyl (C=O) groups is 1. The fraction of sp³-hybridized carbons (Fsp3) is 0.480. The fourth-order valence-corrected chi connectivity index (χ4v) is 4.10. The molecule has 184 valence electrons. The largest absolute Gasteiger partial charge is 0.489 e. The molecule has 0 bridgehead atoms. The van der Waals surface area contributed by atoms with Gasteiger partial charge in [0.05, 0.1) is 17.7 Å². The summed E-state index contributed by atoms with van der Waals surface area (Å²) in [5.41, 5.74) is 1.98. The first-order valence-corrected chi connectivity index (χ1v) is 12.4. The Bertz CT molecular complexity index is 1100. The van der Waals surface area contributed by atoms with E-state index in [0.29, 0.717) is 41.1 Å². The van der Waals surface area contributed by atoms with Gasteiger partial charge in [-0.05, 0) is 64.7 Å². The van der Waals surface area contributed by atoms with Crippen molar-refractivity contribution < 1.29 is 14.3 Å². The Morgan fingerprint density at radius 1 is 1.35 bits per heavy atom. The zero-order chi connectivity index (χ0) is 24.7. The highest BCUT2D eigenvalue weighted by Gasteiger charge is 2.16. The highest BCUT2D eigenvalue weighted by molar-refractivity contribution is 6.32. The Morgan fingerprint density at radius 3 is 2.79 bits per heavy atom. The Balaban J connectivity index is 1.88. The average Bonchev–Trinajstić information content (AvgIpc) is 2.78. The molecular weight excluding hydrogens is 477 g/mol. The molecule has 1 aromatic heterocycles. The van der Waals surface area contributed by atoms with E-state index in [1.807, 2.05) is 24.5 Å². The summed E-state index contributed by atoms with van der Waals surface area (Å²) in [6.07, 6.45) is 6.91. The SMILES string of the molecule is CCOC(=O)CCc1cn(CC2=CCC(Cl)CC2)c(Nc2ccc(OC(C)C)c(Cl)c2)nc1=O. The maximum absolute atomic E-state index is 12.7. The van der Waals surface area contributed by atoms with Crippen LogP contribution in [-0.4, -0.2) is 33.6 Å². The third kappa shape index (κ3) is 7.50. The summed E-state index contributed by atoms with van der Waals surface area (Å²) in [5.74, 6) is 0.648. The summed E-state index contributed by atoms with van der Waals surface area (Å²) < 4.78 is 12.6. The first-order chi connectivity index (χ1) is 16.2. The van der Waals surface area contributed by atoms with E-state index in [-0.39, 0.29) is 35.9 Å². The van der Waals surface area contributed by atoms with Gasteiger partial charge in [0.15, 0.2) is 0 Å². The van der Waals surface area contributed by atoms with Crippen LogP contribution in [0, 0.1) is 0 Å². The number of hydrogen-bond acceptors (Lipinski definition) is 6. The van der Waals surface area contributed by atoms with Crippen molar-refractivity contribution in [2.75, 3.05) is 11.9 Å². The van der Waals surface area contributed by atoms with E-state index in [0.717, 1.165) is 19.3 Å². The maximum Gasteiger partial charge on any atom is 0.306 e. The zero-order valence-electron chi connectivity index (χ0n) is 19.8. The molecule has 7 nitrogen and oxygen atoms in total. The van der Waals surface area contributed by atoms with Crippen molar-refractivity contribution in [1.82, 2.24) is 9.55 Å². The number of alkyl halides is 1. The van der Waals surface area contributed by atoms with Gasteiger partial charge in [-0.2, -0.15) is 4.98 Å². The first-order valence-electron chi connectivity index (χ1n) is 11.6. The van der Waals surface area contributed by atoms with Gasteiger partial charge in [-0.25, -0.2) is 0 Å². The number of halogens is 2. The van der Waals surface area contributed by atoms with E-state index in [9.17, 15) is 9.59 Å². The van der Waals surface area contributed by atoms with Crippen molar-refractivity contribution in [2.45, 2.75) is 70.9 Å². The molecule has 3 rings (SSSR count). The minimum absolute atomic E-state index is 0.00154. The lowest BCUT2D eigenvalue weighted by Gasteiger charge is -2.21.